The van der Waals surface area contributed by atoms with Gasteiger partial charge < -0.3 is 9.47 Å². The second kappa shape index (κ2) is 6.49. The van der Waals surface area contributed by atoms with Crippen molar-refractivity contribution in [3.8, 4) is 5.75 Å². The average Bonchev–Trinajstić information content (AvgIpc) is 2.30. The van der Waals surface area contributed by atoms with E-state index in [2.05, 4.69) is 4.98 Å². The van der Waals surface area contributed by atoms with Crippen LogP contribution in [0, 0.1) is 0 Å². The summed E-state index contributed by atoms with van der Waals surface area (Å²) in [5, 5.41) is -0.338. The molecule has 0 atom stereocenters. The van der Waals surface area contributed by atoms with Crippen molar-refractivity contribution in [2.45, 2.75) is 19.8 Å². The Morgan fingerprint density at radius 2 is 2.22 bits per heavy atom. The summed E-state index contributed by atoms with van der Waals surface area (Å²) < 4.78 is 35.3. The third-order valence-electron chi connectivity index (χ3n) is 2.15. The number of esters is 1. The molecule has 18 heavy (non-hydrogen) atoms. The van der Waals surface area contributed by atoms with Gasteiger partial charge in [-0.3, -0.25) is 4.79 Å². The van der Waals surface area contributed by atoms with Gasteiger partial charge in [-0.05, 0) is 6.92 Å². The van der Waals surface area contributed by atoms with Crippen molar-refractivity contribution >= 4 is 17.6 Å². The molecule has 0 aliphatic heterocycles. The monoisotopic (exact) mass is 279 g/mol. The standard InChI is InChI=1S/C11H12ClF2NO3/c1-3-18-7(16)4-6-5-15-10(12)8(11(13)14)9(6)17-2/h5,11H,3-4H2,1-2H3. The Hall–Kier alpha value is -1.43. The number of aromatic nitrogens is 1. The van der Waals surface area contributed by atoms with E-state index in [4.69, 9.17) is 21.1 Å². The van der Waals surface area contributed by atoms with E-state index in [0.29, 0.717) is 0 Å². The molecule has 0 aliphatic rings. The van der Waals surface area contributed by atoms with Crippen molar-refractivity contribution in [3.63, 3.8) is 0 Å². The molecule has 1 aromatic rings. The number of carbonyl (C=O) groups is 1. The summed E-state index contributed by atoms with van der Waals surface area (Å²) in [7, 11) is 1.23. The fourth-order valence-electron chi connectivity index (χ4n) is 1.45. The molecule has 0 saturated heterocycles. The van der Waals surface area contributed by atoms with Gasteiger partial charge in [0, 0.05) is 11.8 Å². The number of methoxy groups -OCH3 is 1. The van der Waals surface area contributed by atoms with Crippen molar-refractivity contribution in [2.75, 3.05) is 13.7 Å². The molecular formula is C11H12ClF2NO3. The topological polar surface area (TPSA) is 48.4 Å². The SMILES string of the molecule is CCOC(=O)Cc1cnc(Cl)c(C(F)F)c1OC. The number of hydrogen-bond donors (Lipinski definition) is 0. The van der Waals surface area contributed by atoms with Crippen molar-refractivity contribution < 1.29 is 23.0 Å². The molecule has 0 N–H and O–H groups in total. The maximum absolute atomic E-state index is 12.8. The maximum atomic E-state index is 12.8. The summed E-state index contributed by atoms with van der Waals surface area (Å²) in [4.78, 5) is 14.9. The van der Waals surface area contributed by atoms with Crippen LogP contribution in [0.15, 0.2) is 6.20 Å². The van der Waals surface area contributed by atoms with Crippen LogP contribution in [0.25, 0.3) is 0 Å². The molecule has 0 spiro atoms. The molecule has 7 heteroatoms. The van der Waals surface area contributed by atoms with Crippen molar-refractivity contribution in [1.82, 2.24) is 4.98 Å². The van der Waals surface area contributed by atoms with Crippen molar-refractivity contribution in [1.29, 1.82) is 0 Å². The molecule has 0 amide bonds. The highest BCUT2D eigenvalue weighted by Crippen LogP contribution is 2.36. The minimum Gasteiger partial charge on any atom is -0.496 e. The normalized spacial score (nSPS) is 10.6. The molecule has 1 heterocycles. The fourth-order valence-corrected chi connectivity index (χ4v) is 1.67. The molecule has 0 aromatic carbocycles. The summed E-state index contributed by atoms with van der Waals surface area (Å²) in [5.74, 6) is -0.668. The largest absolute Gasteiger partial charge is 0.496 e. The van der Waals surface area contributed by atoms with E-state index >= 15 is 0 Å². The molecule has 0 aliphatic carbocycles. The molecule has 4 nitrogen and oxygen atoms in total. The Kier molecular flexibility index (Phi) is 5.27. The van der Waals surface area contributed by atoms with Crippen LogP contribution < -0.4 is 4.74 Å². The average molecular weight is 280 g/mol. The second-order valence-corrected chi connectivity index (χ2v) is 3.66. The predicted octanol–water partition coefficient (Wildman–Crippen LogP) is 2.79. The van der Waals surface area contributed by atoms with Crippen LogP contribution in [0.4, 0.5) is 8.78 Å². The van der Waals surface area contributed by atoms with Gasteiger partial charge in [-0.1, -0.05) is 11.6 Å². The summed E-state index contributed by atoms with van der Waals surface area (Å²) in [6.07, 6.45) is -1.80. The highest BCUT2D eigenvalue weighted by molar-refractivity contribution is 6.30. The number of ether oxygens (including phenoxy) is 2. The van der Waals surface area contributed by atoms with E-state index in [1.54, 1.807) is 6.92 Å². The smallest absolute Gasteiger partial charge is 0.310 e. The Morgan fingerprint density at radius 3 is 2.72 bits per heavy atom. The molecule has 0 radical (unpaired) electrons. The first-order chi connectivity index (χ1) is 8.51. The molecular weight excluding hydrogens is 268 g/mol. The van der Waals surface area contributed by atoms with Crippen LogP contribution in [-0.4, -0.2) is 24.7 Å². The number of halogens is 3. The van der Waals surface area contributed by atoms with E-state index < -0.39 is 18.0 Å². The number of rotatable bonds is 5. The van der Waals surface area contributed by atoms with Crippen molar-refractivity contribution in [3.05, 3.63) is 22.5 Å². The van der Waals surface area contributed by atoms with E-state index in [9.17, 15) is 13.6 Å². The third kappa shape index (κ3) is 3.29. The zero-order valence-corrected chi connectivity index (χ0v) is 10.6. The molecule has 0 saturated carbocycles. The van der Waals surface area contributed by atoms with Gasteiger partial charge in [-0.15, -0.1) is 0 Å². The predicted molar refractivity (Wildman–Crippen MR) is 61.1 cm³/mol. The summed E-state index contributed by atoms with van der Waals surface area (Å²) >= 11 is 5.59. The van der Waals surface area contributed by atoms with E-state index in [1.165, 1.54) is 13.3 Å². The van der Waals surface area contributed by atoms with Crippen LogP contribution in [0.1, 0.15) is 24.5 Å². The number of carbonyl (C=O) groups excluding carboxylic acids is 1. The quantitative estimate of drug-likeness (QED) is 0.614. The highest BCUT2D eigenvalue weighted by atomic mass is 35.5. The van der Waals surface area contributed by atoms with Gasteiger partial charge in [0.25, 0.3) is 6.43 Å². The maximum Gasteiger partial charge on any atom is 0.310 e. The number of alkyl halides is 2. The van der Waals surface area contributed by atoms with E-state index in [0.717, 1.165) is 0 Å². The first kappa shape index (κ1) is 14.6. The lowest BCUT2D eigenvalue weighted by atomic mass is 10.1. The van der Waals surface area contributed by atoms with Crippen LogP contribution in [-0.2, 0) is 16.0 Å². The lowest BCUT2D eigenvalue weighted by Crippen LogP contribution is -2.10. The van der Waals surface area contributed by atoms with Gasteiger partial charge in [0.05, 0.1) is 25.7 Å². The zero-order chi connectivity index (χ0) is 13.7. The summed E-state index contributed by atoms with van der Waals surface area (Å²) in [6.45, 7) is 1.86. The van der Waals surface area contributed by atoms with Gasteiger partial charge in [0.15, 0.2) is 0 Å². The highest BCUT2D eigenvalue weighted by Gasteiger charge is 2.23. The van der Waals surface area contributed by atoms with Crippen LogP contribution >= 0.6 is 11.6 Å². The Morgan fingerprint density at radius 1 is 1.56 bits per heavy atom. The van der Waals surface area contributed by atoms with Crippen molar-refractivity contribution in [2.24, 2.45) is 0 Å². The third-order valence-corrected chi connectivity index (χ3v) is 2.46. The number of nitrogens with zero attached hydrogens (tertiary/aromatic N) is 1. The van der Waals surface area contributed by atoms with Gasteiger partial charge in [-0.25, -0.2) is 13.8 Å². The lowest BCUT2D eigenvalue weighted by molar-refractivity contribution is -0.142. The molecule has 100 valence electrons. The molecule has 0 fully saturated rings. The number of hydrogen-bond acceptors (Lipinski definition) is 4. The molecule has 1 rings (SSSR count). The molecule has 0 unspecified atom stereocenters. The lowest BCUT2D eigenvalue weighted by Gasteiger charge is -2.13. The van der Waals surface area contributed by atoms with Crippen LogP contribution in [0.5, 0.6) is 5.75 Å². The summed E-state index contributed by atoms with van der Waals surface area (Å²) in [5.41, 5.74) is -0.295. The Balaban J connectivity index is 3.13. The van der Waals surface area contributed by atoms with Gasteiger partial charge in [0.2, 0.25) is 0 Å². The van der Waals surface area contributed by atoms with Gasteiger partial charge in [0.1, 0.15) is 10.9 Å². The number of pyridine rings is 1. The first-order valence-corrected chi connectivity index (χ1v) is 5.54. The van der Waals surface area contributed by atoms with E-state index in [-0.39, 0.29) is 29.5 Å². The van der Waals surface area contributed by atoms with E-state index in [1.807, 2.05) is 0 Å². The van der Waals surface area contributed by atoms with Gasteiger partial charge in [-0.2, -0.15) is 0 Å². The molecule has 1 aromatic heterocycles. The first-order valence-electron chi connectivity index (χ1n) is 5.16. The molecule has 0 bridgehead atoms. The zero-order valence-electron chi connectivity index (χ0n) is 9.87. The fraction of sp³-hybridized carbons (Fsp3) is 0.455. The minimum absolute atomic E-state index is 0.127. The second-order valence-electron chi connectivity index (χ2n) is 3.30. The Bertz CT molecular complexity index is 441. The minimum atomic E-state index is -2.83. The van der Waals surface area contributed by atoms with Gasteiger partial charge >= 0.3 is 5.97 Å². The van der Waals surface area contributed by atoms with Crippen LogP contribution in [0.2, 0.25) is 5.15 Å². The summed E-state index contributed by atoms with van der Waals surface area (Å²) in [6, 6.07) is 0. The van der Waals surface area contributed by atoms with Crippen LogP contribution in [0.3, 0.4) is 0 Å². The Labute approximate surface area is 108 Å².